The molecule has 0 saturated carbocycles. The molecule has 0 amide bonds. The maximum absolute atomic E-state index is 12.1. The van der Waals surface area contributed by atoms with Crippen molar-refractivity contribution in [3.05, 3.63) is 57.1 Å². The molecule has 0 aliphatic carbocycles. The summed E-state index contributed by atoms with van der Waals surface area (Å²) in [6.07, 6.45) is 0.499. The van der Waals surface area contributed by atoms with E-state index >= 15 is 0 Å². The minimum absolute atomic E-state index is 0.0367. The Balaban J connectivity index is 2.31. The number of hydrogen-bond acceptors (Lipinski definition) is 4. The molecule has 0 atom stereocenters. The standard InChI is InChI=1S/C17H18Cl2N2O2/c1-10-12(9-11-7-5-6-8-13(11)18)14(19)21-15(20-10)16(22)23-17(2,3)4/h5-8H,9H2,1-4H3. The summed E-state index contributed by atoms with van der Waals surface area (Å²) in [5, 5.41) is 0.887. The van der Waals surface area contributed by atoms with Crippen molar-refractivity contribution in [3.8, 4) is 0 Å². The molecule has 0 fully saturated rings. The summed E-state index contributed by atoms with van der Waals surface area (Å²) in [5.74, 6) is -0.628. The fourth-order valence-electron chi connectivity index (χ4n) is 2.01. The zero-order valence-corrected chi connectivity index (χ0v) is 15.0. The minimum atomic E-state index is -0.614. The quantitative estimate of drug-likeness (QED) is 0.596. The molecule has 1 heterocycles. The van der Waals surface area contributed by atoms with Gasteiger partial charge < -0.3 is 4.74 Å². The summed E-state index contributed by atoms with van der Waals surface area (Å²) in [5.41, 5.74) is 1.68. The number of aromatic nitrogens is 2. The molecule has 0 N–H and O–H groups in total. The second kappa shape index (κ2) is 6.85. The molecule has 0 aliphatic rings. The van der Waals surface area contributed by atoms with E-state index in [-0.39, 0.29) is 11.0 Å². The molecule has 0 aliphatic heterocycles. The van der Waals surface area contributed by atoms with Crippen LogP contribution in [0.15, 0.2) is 24.3 Å². The lowest BCUT2D eigenvalue weighted by Crippen LogP contribution is -2.25. The van der Waals surface area contributed by atoms with Gasteiger partial charge in [-0.2, -0.15) is 0 Å². The van der Waals surface area contributed by atoms with Gasteiger partial charge in [0.25, 0.3) is 0 Å². The van der Waals surface area contributed by atoms with Crippen LogP contribution in [-0.4, -0.2) is 21.5 Å². The van der Waals surface area contributed by atoms with Crippen LogP contribution in [0.4, 0.5) is 0 Å². The first-order chi connectivity index (χ1) is 10.7. The zero-order chi connectivity index (χ0) is 17.2. The number of nitrogens with zero attached hydrogens (tertiary/aromatic N) is 2. The molecule has 2 aromatic rings. The largest absolute Gasteiger partial charge is 0.454 e. The Hall–Kier alpha value is -1.65. The van der Waals surface area contributed by atoms with E-state index in [0.717, 1.165) is 11.1 Å². The van der Waals surface area contributed by atoms with Crippen LogP contribution in [-0.2, 0) is 11.2 Å². The molecule has 6 heteroatoms. The van der Waals surface area contributed by atoms with E-state index in [1.54, 1.807) is 27.7 Å². The molecule has 0 bridgehead atoms. The van der Waals surface area contributed by atoms with E-state index in [1.807, 2.05) is 24.3 Å². The van der Waals surface area contributed by atoms with E-state index in [1.165, 1.54) is 0 Å². The van der Waals surface area contributed by atoms with Gasteiger partial charge in [-0.05, 0) is 39.3 Å². The number of benzene rings is 1. The van der Waals surface area contributed by atoms with Crippen molar-refractivity contribution in [2.75, 3.05) is 0 Å². The van der Waals surface area contributed by atoms with Crippen molar-refractivity contribution in [3.63, 3.8) is 0 Å². The van der Waals surface area contributed by atoms with Gasteiger partial charge in [0.2, 0.25) is 5.82 Å². The van der Waals surface area contributed by atoms with E-state index < -0.39 is 11.6 Å². The van der Waals surface area contributed by atoms with Crippen LogP contribution in [0.1, 0.15) is 48.2 Å². The van der Waals surface area contributed by atoms with Crippen molar-refractivity contribution < 1.29 is 9.53 Å². The average Bonchev–Trinajstić information content (AvgIpc) is 2.42. The lowest BCUT2D eigenvalue weighted by Gasteiger charge is -2.19. The maximum atomic E-state index is 12.1. The fourth-order valence-corrected chi connectivity index (χ4v) is 2.50. The molecule has 1 aromatic carbocycles. The van der Waals surface area contributed by atoms with Crippen molar-refractivity contribution >= 4 is 29.2 Å². The van der Waals surface area contributed by atoms with E-state index in [9.17, 15) is 4.79 Å². The molecule has 0 saturated heterocycles. The molecule has 23 heavy (non-hydrogen) atoms. The average molecular weight is 353 g/mol. The number of carbonyl (C=O) groups is 1. The van der Waals surface area contributed by atoms with Crippen LogP contribution in [0.3, 0.4) is 0 Å². The summed E-state index contributed by atoms with van der Waals surface area (Å²) in [7, 11) is 0. The lowest BCUT2D eigenvalue weighted by atomic mass is 10.1. The Bertz CT molecular complexity index is 717. The van der Waals surface area contributed by atoms with E-state index in [4.69, 9.17) is 27.9 Å². The molecule has 0 radical (unpaired) electrons. The van der Waals surface area contributed by atoms with Gasteiger partial charge in [-0.25, -0.2) is 14.8 Å². The Kier molecular flexibility index (Phi) is 5.27. The molecule has 2 rings (SSSR count). The van der Waals surface area contributed by atoms with Crippen molar-refractivity contribution in [2.45, 2.75) is 39.7 Å². The third-order valence-corrected chi connectivity index (χ3v) is 3.75. The number of ether oxygens (including phenoxy) is 1. The van der Waals surface area contributed by atoms with Gasteiger partial charge in [0.05, 0.1) is 0 Å². The second-order valence-electron chi connectivity index (χ2n) is 6.17. The number of rotatable bonds is 3. The summed E-state index contributed by atoms with van der Waals surface area (Å²) in [6, 6.07) is 7.50. The van der Waals surface area contributed by atoms with Crippen LogP contribution >= 0.6 is 23.2 Å². The number of halogens is 2. The zero-order valence-electron chi connectivity index (χ0n) is 13.5. The Morgan fingerprint density at radius 2 is 1.83 bits per heavy atom. The number of carbonyl (C=O) groups excluding carboxylic acids is 1. The van der Waals surface area contributed by atoms with Gasteiger partial charge in [0.15, 0.2) is 0 Å². The number of esters is 1. The lowest BCUT2D eigenvalue weighted by molar-refractivity contribution is 0.00552. The highest BCUT2D eigenvalue weighted by molar-refractivity contribution is 6.31. The highest BCUT2D eigenvalue weighted by Crippen LogP contribution is 2.24. The first-order valence-electron chi connectivity index (χ1n) is 7.17. The summed E-state index contributed by atoms with van der Waals surface area (Å²) in [6.45, 7) is 7.13. The summed E-state index contributed by atoms with van der Waals surface area (Å²) >= 11 is 12.4. The van der Waals surface area contributed by atoms with Crippen LogP contribution in [0, 0.1) is 6.92 Å². The van der Waals surface area contributed by atoms with Crippen LogP contribution in [0.5, 0.6) is 0 Å². The van der Waals surface area contributed by atoms with Gasteiger partial charge in [-0.1, -0.05) is 41.4 Å². The van der Waals surface area contributed by atoms with Gasteiger partial charge in [-0.15, -0.1) is 0 Å². The first-order valence-corrected chi connectivity index (χ1v) is 7.93. The van der Waals surface area contributed by atoms with Crippen LogP contribution < -0.4 is 0 Å². The predicted octanol–water partition coefficient (Wildman–Crippen LogP) is 4.64. The third kappa shape index (κ3) is 4.66. The van der Waals surface area contributed by atoms with Gasteiger partial charge in [0.1, 0.15) is 10.8 Å². The minimum Gasteiger partial charge on any atom is -0.454 e. The van der Waals surface area contributed by atoms with E-state index in [2.05, 4.69) is 9.97 Å². The summed E-state index contributed by atoms with van der Waals surface area (Å²) < 4.78 is 5.27. The highest BCUT2D eigenvalue weighted by Gasteiger charge is 2.22. The van der Waals surface area contributed by atoms with Gasteiger partial charge >= 0.3 is 5.97 Å². The number of hydrogen-bond donors (Lipinski definition) is 0. The van der Waals surface area contributed by atoms with Crippen LogP contribution in [0.2, 0.25) is 10.2 Å². The van der Waals surface area contributed by atoms with Crippen molar-refractivity contribution in [1.82, 2.24) is 9.97 Å². The van der Waals surface area contributed by atoms with Crippen molar-refractivity contribution in [1.29, 1.82) is 0 Å². The van der Waals surface area contributed by atoms with Crippen molar-refractivity contribution in [2.24, 2.45) is 0 Å². The normalized spacial score (nSPS) is 11.4. The topological polar surface area (TPSA) is 52.1 Å². The highest BCUT2D eigenvalue weighted by atomic mass is 35.5. The molecule has 1 aromatic heterocycles. The fraction of sp³-hybridized carbons (Fsp3) is 0.353. The number of aryl methyl sites for hydroxylation is 1. The molecule has 4 nitrogen and oxygen atoms in total. The van der Waals surface area contributed by atoms with Crippen LogP contribution in [0.25, 0.3) is 0 Å². The van der Waals surface area contributed by atoms with Gasteiger partial charge in [-0.3, -0.25) is 0 Å². The third-order valence-electron chi connectivity index (χ3n) is 3.07. The smallest absolute Gasteiger partial charge is 0.376 e. The van der Waals surface area contributed by atoms with E-state index in [0.29, 0.717) is 17.1 Å². The summed E-state index contributed by atoms with van der Waals surface area (Å²) in [4.78, 5) is 20.4. The molecular formula is C17H18Cl2N2O2. The SMILES string of the molecule is Cc1nc(C(=O)OC(C)(C)C)nc(Cl)c1Cc1ccccc1Cl. The monoisotopic (exact) mass is 352 g/mol. The molecule has 0 unspecified atom stereocenters. The Morgan fingerprint density at radius 3 is 2.39 bits per heavy atom. The Morgan fingerprint density at radius 1 is 1.17 bits per heavy atom. The first kappa shape index (κ1) is 17.7. The molecular weight excluding hydrogens is 335 g/mol. The molecule has 122 valence electrons. The second-order valence-corrected chi connectivity index (χ2v) is 6.94. The maximum Gasteiger partial charge on any atom is 0.376 e. The molecule has 0 spiro atoms. The predicted molar refractivity (Wildman–Crippen MR) is 91.2 cm³/mol. The van der Waals surface area contributed by atoms with Gasteiger partial charge in [0, 0.05) is 22.7 Å². The Labute approximate surface area is 145 Å².